The molecule has 0 aromatic heterocycles. The molecule has 0 radical (unpaired) electrons. The summed E-state index contributed by atoms with van der Waals surface area (Å²) in [6, 6.07) is 2.20. The lowest BCUT2D eigenvalue weighted by atomic mass is 9.85. The molecule has 0 fully saturated rings. The van der Waals surface area contributed by atoms with Crippen LogP contribution in [0.3, 0.4) is 0 Å². The van der Waals surface area contributed by atoms with Crippen LogP contribution < -0.4 is 10.5 Å². The molecule has 114 valence electrons. The van der Waals surface area contributed by atoms with Crippen molar-refractivity contribution in [1.82, 2.24) is 0 Å². The average molecular weight is 293 g/mol. The van der Waals surface area contributed by atoms with Crippen LogP contribution in [0.1, 0.15) is 33.3 Å². The number of hydrogen-bond donors (Lipinski definition) is 1. The van der Waals surface area contributed by atoms with Crippen molar-refractivity contribution in [3.63, 3.8) is 0 Å². The van der Waals surface area contributed by atoms with Gasteiger partial charge in [0.1, 0.15) is 17.7 Å². The van der Waals surface area contributed by atoms with E-state index in [4.69, 9.17) is 10.5 Å². The van der Waals surface area contributed by atoms with E-state index < -0.39 is 23.7 Å². The van der Waals surface area contributed by atoms with Gasteiger partial charge in [-0.05, 0) is 25.1 Å². The number of hydrogen-bond acceptors (Lipinski definition) is 2. The van der Waals surface area contributed by atoms with Crippen LogP contribution >= 0.6 is 0 Å². The molecule has 2 N–H and O–H groups in total. The molecular weight excluding hydrogens is 274 g/mol. The first kappa shape index (κ1) is 16.8. The maximum atomic E-state index is 13.2. The zero-order chi connectivity index (χ0) is 15.7. The van der Waals surface area contributed by atoms with Crippen LogP contribution in [-0.2, 0) is 6.18 Å². The number of halogens is 4. The molecular formula is C14H19F4NO. The van der Waals surface area contributed by atoms with E-state index >= 15 is 0 Å². The van der Waals surface area contributed by atoms with E-state index in [2.05, 4.69) is 0 Å². The van der Waals surface area contributed by atoms with Gasteiger partial charge in [0.05, 0.1) is 5.56 Å². The summed E-state index contributed by atoms with van der Waals surface area (Å²) in [4.78, 5) is 0. The highest BCUT2D eigenvalue weighted by molar-refractivity contribution is 5.32. The summed E-state index contributed by atoms with van der Waals surface area (Å²) in [6.07, 6.45) is -5.25. The van der Waals surface area contributed by atoms with Gasteiger partial charge in [0.25, 0.3) is 0 Å². The summed E-state index contributed by atoms with van der Waals surface area (Å²) in [5, 5.41) is 0. The molecule has 1 aromatic carbocycles. The van der Waals surface area contributed by atoms with Gasteiger partial charge in [-0.15, -0.1) is 0 Å². The first-order valence-corrected chi connectivity index (χ1v) is 6.22. The highest BCUT2D eigenvalue weighted by atomic mass is 19.4. The van der Waals surface area contributed by atoms with Crippen molar-refractivity contribution >= 4 is 0 Å². The molecule has 6 heteroatoms. The Morgan fingerprint density at radius 2 is 1.70 bits per heavy atom. The van der Waals surface area contributed by atoms with E-state index in [1.54, 1.807) is 6.92 Å². The molecule has 0 heterocycles. The standard InChI is InChI=1S/C14H19F4NO/c1-8(19)12(13(2,3)4)20-9-5-6-11(15)10(7-9)14(16,17)18/h5-8,12H,19H2,1-4H3. The molecule has 0 aliphatic heterocycles. The molecule has 0 aliphatic carbocycles. The molecule has 20 heavy (non-hydrogen) atoms. The van der Waals surface area contributed by atoms with Crippen molar-refractivity contribution in [3.8, 4) is 5.75 Å². The van der Waals surface area contributed by atoms with Crippen LogP contribution in [0.25, 0.3) is 0 Å². The zero-order valence-corrected chi connectivity index (χ0v) is 11.9. The number of alkyl halides is 3. The van der Waals surface area contributed by atoms with E-state index in [0.29, 0.717) is 6.07 Å². The SMILES string of the molecule is CC(N)C(Oc1ccc(F)c(C(F)(F)F)c1)C(C)(C)C. The summed E-state index contributed by atoms with van der Waals surface area (Å²) in [5.41, 5.74) is 4.10. The third kappa shape index (κ3) is 4.10. The third-order valence-corrected chi connectivity index (χ3v) is 2.84. The Morgan fingerprint density at radius 1 is 1.15 bits per heavy atom. The third-order valence-electron chi connectivity index (χ3n) is 2.84. The molecule has 2 nitrogen and oxygen atoms in total. The van der Waals surface area contributed by atoms with Crippen LogP contribution in [0.15, 0.2) is 18.2 Å². The second-order valence-electron chi connectivity index (χ2n) is 5.90. The predicted octanol–water partition coefficient (Wildman–Crippen LogP) is 3.99. The Morgan fingerprint density at radius 3 is 2.10 bits per heavy atom. The molecule has 1 aromatic rings. The van der Waals surface area contributed by atoms with Crippen LogP contribution in [0.5, 0.6) is 5.75 Å². The lowest BCUT2D eigenvalue weighted by molar-refractivity contribution is -0.140. The van der Waals surface area contributed by atoms with Crippen LogP contribution in [0.2, 0.25) is 0 Å². The van der Waals surface area contributed by atoms with Crippen molar-refractivity contribution in [2.24, 2.45) is 11.1 Å². The van der Waals surface area contributed by atoms with E-state index in [1.807, 2.05) is 20.8 Å². The Kier molecular flexibility index (Phi) is 4.69. The quantitative estimate of drug-likeness (QED) is 0.855. The minimum atomic E-state index is -4.75. The molecule has 0 aliphatic rings. The normalized spacial score (nSPS) is 15.8. The first-order valence-electron chi connectivity index (χ1n) is 6.22. The van der Waals surface area contributed by atoms with Crippen molar-refractivity contribution in [2.75, 3.05) is 0 Å². The highest BCUT2D eigenvalue weighted by Gasteiger charge is 2.35. The number of rotatable bonds is 3. The fourth-order valence-electron chi connectivity index (χ4n) is 2.01. The molecule has 0 saturated heterocycles. The van der Waals surface area contributed by atoms with E-state index in [-0.39, 0.29) is 17.2 Å². The molecule has 2 atom stereocenters. The Labute approximate surface area is 115 Å². The van der Waals surface area contributed by atoms with Gasteiger partial charge in [-0.25, -0.2) is 4.39 Å². The topological polar surface area (TPSA) is 35.2 Å². The summed E-state index contributed by atoms with van der Waals surface area (Å²) in [5.74, 6) is -1.37. The fraction of sp³-hybridized carbons (Fsp3) is 0.571. The highest BCUT2D eigenvalue weighted by Crippen LogP contribution is 2.35. The lowest BCUT2D eigenvalue weighted by Gasteiger charge is -2.34. The van der Waals surface area contributed by atoms with Gasteiger partial charge in [0, 0.05) is 11.5 Å². The molecule has 2 unspecified atom stereocenters. The van der Waals surface area contributed by atoms with Gasteiger partial charge in [-0.1, -0.05) is 20.8 Å². The van der Waals surface area contributed by atoms with Gasteiger partial charge in [0.15, 0.2) is 0 Å². The summed E-state index contributed by atoms with van der Waals surface area (Å²) < 4.78 is 56.6. The summed E-state index contributed by atoms with van der Waals surface area (Å²) >= 11 is 0. The van der Waals surface area contributed by atoms with Gasteiger partial charge >= 0.3 is 6.18 Å². The second-order valence-corrected chi connectivity index (χ2v) is 5.90. The van der Waals surface area contributed by atoms with Gasteiger partial charge < -0.3 is 10.5 Å². The molecule has 1 rings (SSSR count). The Bertz CT molecular complexity index is 463. The number of nitrogens with two attached hydrogens (primary N) is 1. The molecule has 0 amide bonds. The number of ether oxygens (including phenoxy) is 1. The Hall–Kier alpha value is -1.30. The van der Waals surface area contributed by atoms with E-state index in [0.717, 1.165) is 6.07 Å². The van der Waals surface area contributed by atoms with E-state index in [9.17, 15) is 17.6 Å². The maximum Gasteiger partial charge on any atom is 0.419 e. The first-order chi connectivity index (χ1) is 8.93. The maximum absolute atomic E-state index is 13.2. The van der Waals surface area contributed by atoms with Crippen molar-refractivity contribution < 1.29 is 22.3 Å². The molecule has 0 spiro atoms. The Balaban J connectivity index is 3.10. The van der Waals surface area contributed by atoms with Crippen molar-refractivity contribution in [3.05, 3.63) is 29.6 Å². The zero-order valence-electron chi connectivity index (χ0n) is 11.9. The van der Waals surface area contributed by atoms with E-state index in [1.165, 1.54) is 6.07 Å². The van der Waals surface area contributed by atoms with Gasteiger partial charge in [0.2, 0.25) is 0 Å². The monoisotopic (exact) mass is 293 g/mol. The van der Waals surface area contributed by atoms with Crippen LogP contribution in [0, 0.1) is 11.2 Å². The number of benzene rings is 1. The molecule has 0 bridgehead atoms. The van der Waals surface area contributed by atoms with Crippen LogP contribution in [0.4, 0.5) is 17.6 Å². The van der Waals surface area contributed by atoms with Crippen LogP contribution in [-0.4, -0.2) is 12.1 Å². The van der Waals surface area contributed by atoms with Gasteiger partial charge in [-0.2, -0.15) is 13.2 Å². The fourth-order valence-corrected chi connectivity index (χ4v) is 2.01. The predicted molar refractivity (Wildman–Crippen MR) is 68.9 cm³/mol. The average Bonchev–Trinajstić information content (AvgIpc) is 2.24. The van der Waals surface area contributed by atoms with Gasteiger partial charge in [-0.3, -0.25) is 0 Å². The minimum absolute atomic E-state index is 0.0454. The van der Waals surface area contributed by atoms with Crippen molar-refractivity contribution in [1.29, 1.82) is 0 Å². The smallest absolute Gasteiger partial charge is 0.419 e. The molecule has 0 saturated carbocycles. The second kappa shape index (κ2) is 5.60. The lowest BCUT2D eigenvalue weighted by Crippen LogP contribution is -2.45. The largest absolute Gasteiger partial charge is 0.488 e. The summed E-state index contributed by atoms with van der Waals surface area (Å²) in [6.45, 7) is 7.32. The van der Waals surface area contributed by atoms with Crippen molar-refractivity contribution in [2.45, 2.75) is 46.0 Å². The summed E-state index contributed by atoms with van der Waals surface area (Å²) in [7, 11) is 0. The minimum Gasteiger partial charge on any atom is -0.488 e.